The third kappa shape index (κ3) is 3.81. The van der Waals surface area contributed by atoms with Crippen molar-refractivity contribution in [3.63, 3.8) is 0 Å². The van der Waals surface area contributed by atoms with Gasteiger partial charge in [0, 0.05) is 16.9 Å². The zero-order valence-corrected chi connectivity index (χ0v) is 14.8. The van der Waals surface area contributed by atoms with Gasteiger partial charge in [-0.25, -0.2) is 13.2 Å². The molecular weight excluding hydrogens is 396 g/mol. The van der Waals surface area contributed by atoms with Crippen molar-refractivity contribution in [1.29, 1.82) is 0 Å². The van der Waals surface area contributed by atoms with E-state index in [1.54, 1.807) is 18.3 Å². The molecule has 10 heteroatoms. The molecule has 2 rings (SSSR count). The molecule has 0 amide bonds. The van der Waals surface area contributed by atoms with Crippen LogP contribution in [0.3, 0.4) is 0 Å². The summed E-state index contributed by atoms with van der Waals surface area (Å²) in [4.78, 5) is 15.9. The molecule has 0 N–H and O–H groups in total. The zero-order valence-electron chi connectivity index (χ0n) is 11.6. The molecule has 0 radical (unpaired) electrons. The van der Waals surface area contributed by atoms with Crippen molar-refractivity contribution < 1.29 is 22.7 Å². The number of methoxy groups -OCH3 is 1. The van der Waals surface area contributed by atoms with E-state index in [-0.39, 0.29) is 22.3 Å². The third-order valence-electron chi connectivity index (χ3n) is 2.50. The number of rotatable bonds is 5. The lowest BCUT2D eigenvalue weighted by Gasteiger charge is -2.05. The van der Waals surface area contributed by atoms with E-state index in [2.05, 4.69) is 30.0 Å². The van der Waals surface area contributed by atoms with E-state index in [9.17, 15) is 13.2 Å². The molecule has 0 saturated heterocycles. The normalized spacial score (nSPS) is 11.2. The molecule has 0 atom stereocenters. The van der Waals surface area contributed by atoms with Gasteiger partial charge in [0.15, 0.2) is 19.6 Å². The average Bonchev–Trinajstić information content (AvgIpc) is 2.90. The first-order valence-corrected chi connectivity index (χ1v) is 9.30. The van der Waals surface area contributed by atoms with E-state index in [4.69, 9.17) is 4.74 Å². The Morgan fingerprint density at radius 2 is 2.14 bits per heavy atom. The maximum atomic E-state index is 11.8. The molecule has 0 aliphatic carbocycles. The summed E-state index contributed by atoms with van der Waals surface area (Å²) in [5.74, 6) is -0.894. The van der Waals surface area contributed by atoms with Crippen LogP contribution in [0.1, 0.15) is 16.1 Å². The number of hydrogen-bond acceptors (Lipinski definition) is 8. The summed E-state index contributed by atoms with van der Waals surface area (Å²) >= 11 is 3.94. The first kappa shape index (κ1) is 16.8. The number of sulfone groups is 1. The molecule has 0 fully saturated rings. The lowest BCUT2D eigenvalue weighted by Crippen LogP contribution is -2.09. The van der Waals surface area contributed by atoms with Crippen molar-refractivity contribution in [3.8, 4) is 5.88 Å². The molecule has 0 aliphatic heterocycles. The molecule has 0 aromatic carbocycles. The highest BCUT2D eigenvalue weighted by Crippen LogP contribution is 2.30. The van der Waals surface area contributed by atoms with Crippen LogP contribution in [0.5, 0.6) is 5.88 Å². The monoisotopic (exact) mass is 406 g/mol. The molecule has 0 spiro atoms. The van der Waals surface area contributed by atoms with Gasteiger partial charge in [0.1, 0.15) is 6.61 Å². The highest BCUT2D eigenvalue weighted by Gasteiger charge is 2.29. The topological polar surface area (TPSA) is 95.4 Å². The number of pyridine rings is 1. The van der Waals surface area contributed by atoms with Crippen LogP contribution in [0.25, 0.3) is 0 Å². The summed E-state index contributed by atoms with van der Waals surface area (Å²) < 4.78 is 37.9. The van der Waals surface area contributed by atoms with Crippen molar-refractivity contribution in [2.75, 3.05) is 13.4 Å². The second-order valence-electron chi connectivity index (χ2n) is 4.17. The third-order valence-corrected chi connectivity index (χ3v) is 5.61. The van der Waals surface area contributed by atoms with Gasteiger partial charge in [-0.1, -0.05) is 0 Å². The summed E-state index contributed by atoms with van der Waals surface area (Å²) in [6.45, 7) is 0.0458. The van der Waals surface area contributed by atoms with Crippen LogP contribution in [0.15, 0.2) is 27.0 Å². The zero-order chi connectivity index (χ0) is 16.3. The van der Waals surface area contributed by atoms with Gasteiger partial charge < -0.3 is 9.47 Å². The molecule has 2 aromatic heterocycles. The van der Waals surface area contributed by atoms with E-state index in [1.165, 1.54) is 0 Å². The Morgan fingerprint density at radius 3 is 2.68 bits per heavy atom. The van der Waals surface area contributed by atoms with Crippen LogP contribution in [-0.4, -0.2) is 37.1 Å². The standard InChI is InChI=1S/C12H11BrN2O5S2/c1-19-11(16)9-10(15-21-12(9)22(2,17)18)20-6-8-4-3-7(13)5-14-8/h3-5H,6H2,1-2H3. The van der Waals surface area contributed by atoms with Crippen molar-refractivity contribution >= 4 is 43.3 Å². The average molecular weight is 407 g/mol. The predicted octanol–water partition coefficient (Wildman–Crippen LogP) is 2.07. The molecule has 0 saturated carbocycles. The van der Waals surface area contributed by atoms with Crippen LogP contribution < -0.4 is 4.74 Å². The molecule has 2 aromatic rings. The van der Waals surface area contributed by atoms with Gasteiger partial charge >= 0.3 is 5.97 Å². The second kappa shape index (κ2) is 6.71. The van der Waals surface area contributed by atoms with Gasteiger partial charge in [-0.05, 0) is 39.6 Å². The highest BCUT2D eigenvalue weighted by molar-refractivity contribution is 9.10. The number of halogens is 1. The second-order valence-corrected chi connectivity index (χ2v) is 8.07. The summed E-state index contributed by atoms with van der Waals surface area (Å²) in [5.41, 5.74) is 0.417. The van der Waals surface area contributed by atoms with Crippen LogP contribution in [-0.2, 0) is 21.2 Å². The number of ether oxygens (including phenoxy) is 2. The molecule has 22 heavy (non-hydrogen) atoms. The molecule has 0 aliphatic rings. The fourth-order valence-electron chi connectivity index (χ4n) is 1.52. The maximum absolute atomic E-state index is 11.8. The first-order chi connectivity index (χ1) is 10.3. The van der Waals surface area contributed by atoms with E-state index in [0.717, 1.165) is 17.8 Å². The SMILES string of the molecule is COC(=O)c1c(OCc2ccc(Br)cn2)nsc1S(C)(=O)=O. The number of esters is 1. The Hall–Kier alpha value is -1.52. The van der Waals surface area contributed by atoms with Gasteiger partial charge in [0.25, 0.3) is 0 Å². The maximum Gasteiger partial charge on any atom is 0.345 e. The molecule has 7 nitrogen and oxygen atoms in total. The lowest BCUT2D eigenvalue weighted by atomic mass is 10.3. The van der Waals surface area contributed by atoms with Gasteiger partial charge in [-0.3, -0.25) is 4.98 Å². The van der Waals surface area contributed by atoms with E-state index in [0.29, 0.717) is 17.2 Å². The summed E-state index contributed by atoms with van der Waals surface area (Å²) in [6.07, 6.45) is 2.59. The van der Waals surface area contributed by atoms with Crippen LogP contribution in [0.4, 0.5) is 0 Å². The van der Waals surface area contributed by atoms with Gasteiger partial charge in [-0.2, -0.15) is 4.37 Å². The Bertz CT molecular complexity index is 786. The van der Waals surface area contributed by atoms with Crippen molar-refractivity contribution in [2.24, 2.45) is 0 Å². The molecule has 118 valence electrons. The molecule has 0 bridgehead atoms. The Balaban J connectivity index is 2.29. The van der Waals surface area contributed by atoms with Crippen molar-refractivity contribution in [1.82, 2.24) is 9.36 Å². The predicted molar refractivity (Wildman–Crippen MR) is 82.8 cm³/mol. The Morgan fingerprint density at radius 1 is 1.41 bits per heavy atom. The highest BCUT2D eigenvalue weighted by atomic mass is 79.9. The number of hydrogen-bond donors (Lipinski definition) is 0. The minimum Gasteiger partial charge on any atom is -0.470 e. The first-order valence-electron chi connectivity index (χ1n) is 5.84. The number of carbonyl (C=O) groups excluding carboxylic acids is 1. The van der Waals surface area contributed by atoms with E-state index < -0.39 is 15.8 Å². The van der Waals surface area contributed by atoms with Gasteiger partial charge in [0.05, 0.1) is 12.8 Å². The number of carbonyl (C=O) groups is 1. The fourth-order valence-corrected chi connectivity index (χ4v) is 3.52. The van der Waals surface area contributed by atoms with Crippen molar-refractivity contribution in [2.45, 2.75) is 10.8 Å². The number of nitrogens with zero attached hydrogens (tertiary/aromatic N) is 2. The summed E-state index contributed by atoms with van der Waals surface area (Å²) in [7, 11) is -2.44. The Kier molecular flexibility index (Phi) is 5.14. The molecular formula is C12H11BrN2O5S2. The Labute approximate surface area is 139 Å². The number of aromatic nitrogens is 2. The summed E-state index contributed by atoms with van der Waals surface area (Å²) in [6, 6.07) is 3.52. The van der Waals surface area contributed by atoms with E-state index >= 15 is 0 Å². The fraction of sp³-hybridized carbons (Fsp3) is 0.250. The minimum atomic E-state index is -3.60. The van der Waals surface area contributed by atoms with Crippen LogP contribution in [0.2, 0.25) is 0 Å². The lowest BCUT2D eigenvalue weighted by molar-refractivity contribution is 0.0591. The largest absolute Gasteiger partial charge is 0.470 e. The quantitative estimate of drug-likeness (QED) is 0.701. The van der Waals surface area contributed by atoms with Crippen molar-refractivity contribution in [3.05, 3.63) is 34.1 Å². The van der Waals surface area contributed by atoms with E-state index in [1.807, 2.05) is 0 Å². The molecule has 2 heterocycles. The van der Waals surface area contributed by atoms with Gasteiger partial charge in [0.2, 0.25) is 5.88 Å². The minimum absolute atomic E-state index is 0.0458. The molecule has 0 unspecified atom stereocenters. The van der Waals surface area contributed by atoms with Crippen LogP contribution >= 0.6 is 27.5 Å². The summed E-state index contributed by atoms with van der Waals surface area (Å²) in [5, 5.41) is 0. The van der Waals surface area contributed by atoms with Crippen LogP contribution in [0, 0.1) is 0 Å². The smallest absolute Gasteiger partial charge is 0.345 e. The van der Waals surface area contributed by atoms with Gasteiger partial charge in [-0.15, -0.1) is 0 Å².